The van der Waals surface area contributed by atoms with Crippen molar-refractivity contribution in [2.24, 2.45) is 0 Å². The van der Waals surface area contributed by atoms with Gasteiger partial charge in [-0.25, -0.2) is 13.4 Å². The van der Waals surface area contributed by atoms with Gasteiger partial charge in [0.25, 0.3) is 5.91 Å². The minimum Gasteiger partial charge on any atom is -0.326 e. The Morgan fingerprint density at radius 3 is 2.69 bits per heavy atom. The number of nitrogens with one attached hydrogen (secondary N) is 2. The van der Waals surface area contributed by atoms with Crippen LogP contribution in [-0.2, 0) is 21.2 Å². The molecule has 0 radical (unpaired) electrons. The molecule has 0 aliphatic carbocycles. The van der Waals surface area contributed by atoms with Gasteiger partial charge in [0.2, 0.25) is 15.9 Å². The maximum Gasteiger partial charge on any atom is 0.257 e. The average Bonchev–Trinajstić information content (AvgIpc) is 3.40. The van der Waals surface area contributed by atoms with Crippen molar-refractivity contribution in [2.75, 3.05) is 23.7 Å². The van der Waals surface area contributed by atoms with Gasteiger partial charge in [-0.1, -0.05) is 11.3 Å². The van der Waals surface area contributed by atoms with Crippen LogP contribution < -0.4 is 10.6 Å². The van der Waals surface area contributed by atoms with Crippen molar-refractivity contribution >= 4 is 54.2 Å². The molecule has 2 aliphatic rings. The number of thiazole rings is 1. The number of anilines is 2. The van der Waals surface area contributed by atoms with Crippen LogP contribution in [-0.4, -0.2) is 42.6 Å². The summed E-state index contributed by atoms with van der Waals surface area (Å²) in [7, 11) is -3.51. The van der Waals surface area contributed by atoms with Crippen molar-refractivity contribution < 1.29 is 18.0 Å². The quantitative estimate of drug-likeness (QED) is 0.606. The lowest BCUT2D eigenvalue weighted by Crippen LogP contribution is -2.27. The summed E-state index contributed by atoms with van der Waals surface area (Å²) in [4.78, 5) is 29.2. The zero-order valence-electron chi connectivity index (χ0n) is 17.3. The fraction of sp³-hybridized carbons (Fsp3) is 0.318. The van der Waals surface area contributed by atoms with Gasteiger partial charge in [-0.3, -0.25) is 14.9 Å². The number of nitrogens with zero attached hydrogens (tertiary/aromatic N) is 2. The minimum absolute atomic E-state index is 0.0125. The SMILES string of the molecule is O=C1CCCc2cc(C(=O)Nc3nc4ccc(S(=O)(=O)N5CCCC5)cc4s3)ccc2N1. The number of aromatic nitrogens is 1. The fourth-order valence-corrected chi connectivity index (χ4v) is 6.60. The average molecular weight is 471 g/mol. The van der Waals surface area contributed by atoms with Gasteiger partial charge >= 0.3 is 0 Å². The second-order valence-corrected chi connectivity index (χ2v) is 11.0. The van der Waals surface area contributed by atoms with Crippen molar-refractivity contribution in [1.82, 2.24) is 9.29 Å². The molecule has 0 unspecified atom stereocenters. The number of sulfonamides is 1. The first-order valence-corrected chi connectivity index (χ1v) is 12.8. The monoisotopic (exact) mass is 470 g/mol. The minimum atomic E-state index is -3.51. The Morgan fingerprint density at radius 2 is 1.88 bits per heavy atom. The normalized spacial score (nSPS) is 17.1. The Balaban J connectivity index is 1.37. The molecule has 8 nitrogen and oxygen atoms in total. The highest BCUT2D eigenvalue weighted by Crippen LogP contribution is 2.31. The van der Waals surface area contributed by atoms with E-state index in [9.17, 15) is 18.0 Å². The summed E-state index contributed by atoms with van der Waals surface area (Å²) in [6, 6.07) is 10.1. The summed E-state index contributed by atoms with van der Waals surface area (Å²) >= 11 is 1.24. The Hall–Kier alpha value is -2.82. The third kappa shape index (κ3) is 4.01. The third-order valence-corrected chi connectivity index (χ3v) is 8.60. The van der Waals surface area contributed by atoms with Gasteiger partial charge in [-0.05, 0) is 67.6 Å². The number of carbonyl (C=O) groups excluding carboxylic acids is 2. The van der Waals surface area contributed by atoms with Gasteiger partial charge in [-0.15, -0.1) is 0 Å². The highest BCUT2D eigenvalue weighted by Gasteiger charge is 2.27. The molecular weight excluding hydrogens is 448 g/mol. The van der Waals surface area contributed by atoms with E-state index in [1.54, 1.807) is 36.4 Å². The molecule has 2 aliphatic heterocycles. The van der Waals surface area contributed by atoms with Crippen LogP contribution in [0.15, 0.2) is 41.3 Å². The van der Waals surface area contributed by atoms with Gasteiger partial charge in [0, 0.05) is 30.8 Å². The summed E-state index contributed by atoms with van der Waals surface area (Å²) in [5.41, 5.74) is 2.80. The van der Waals surface area contributed by atoms with E-state index in [-0.39, 0.29) is 16.7 Å². The van der Waals surface area contributed by atoms with Crippen LogP contribution in [0.4, 0.5) is 10.8 Å². The van der Waals surface area contributed by atoms with Gasteiger partial charge in [-0.2, -0.15) is 4.31 Å². The van der Waals surface area contributed by atoms with Gasteiger partial charge in [0.05, 0.1) is 15.1 Å². The molecule has 0 saturated carbocycles. The molecule has 5 rings (SSSR count). The lowest BCUT2D eigenvalue weighted by Gasteiger charge is -2.15. The topological polar surface area (TPSA) is 108 Å². The number of hydrogen-bond acceptors (Lipinski definition) is 6. The Labute approximate surface area is 189 Å². The lowest BCUT2D eigenvalue weighted by molar-refractivity contribution is -0.116. The van der Waals surface area contributed by atoms with E-state index in [2.05, 4.69) is 15.6 Å². The first-order chi connectivity index (χ1) is 15.4. The number of rotatable bonds is 4. The predicted octanol–water partition coefficient (Wildman–Crippen LogP) is 3.61. The smallest absolute Gasteiger partial charge is 0.257 e. The van der Waals surface area contributed by atoms with Crippen LogP contribution in [0, 0.1) is 0 Å². The fourth-order valence-electron chi connectivity index (χ4n) is 4.08. The number of benzene rings is 2. The summed E-state index contributed by atoms with van der Waals surface area (Å²) in [6.45, 7) is 1.10. The number of aryl methyl sites for hydroxylation is 1. The molecule has 166 valence electrons. The molecule has 32 heavy (non-hydrogen) atoms. The maximum absolute atomic E-state index is 12.8. The van der Waals surface area contributed by atoms with E-state index in [4.69, 9.17) is 0 Å². The Morgan fingerprint density at radius 1 is 1.06 bits per heavy atom. The maximum atomic E-state index is 12.8. The molecule has 0 atom stereocenters. The van der Waals surface area contributed by atoms with Gasteiger partial charge < -0.3 is 5.32 Å². The molecule has 3 heterocycles. The molecule has 0 bridgehead atoms. The number of carbonyl (C=O) groups is 2. The molecule has 10 heteroatoms. The van der Waals surface area contributed by atoms with E-state index in [0.29, 0.717) is 40.4 Å². The van der Waals surface area contributed by atoms with Crippen molar-refractivity contribution in [3.05, 3.63) is 47.5 Å². The van der Waals surface area contributed by atoms with Crippen LogP contribution in [0.5, 0.6) is 0 Å². The summed E-state index contributed by atoms with van der Waals surface area (Å²) < 4.78 is 27.9. The summed E-state index contributed by atoms with van der Waals surface area (Å²) in [6.07, 6.45) is 3.70. The van der Waals surface area contributed by atoms with Crippen molar-refractivity contribution in [1.29, 1.82) is 0 Å². The first-order valence-electron chi connectivity index (χ1n) is 10.5. The van der Waals surface area contributed by atoms with Crippen LogP contribution in [0.3, 0.4) is 0 Å². The van der Waals surface area contributed by atoms with Crippen LogP contribution in [0.2, 0.25) is 0 Å². The third-order valence-electron chi connectivity index (χ3n) is 5.77. The molecule has 1 saturated heterocycles. The zero-order valence-corrected chi connectivity index (χ0v) is 18.9. The van der Waals surface area contributed by atoms with Crippen molar-refractivity contribution in [3.8, 4) is 0 Å². The van der Waals surface area contributed by atoms with E-state index < -0.39 is 10.0 Å². The molecule has 0 spiro atoms. The second kappa shape index (κ2) is 8.27. The molecule has 1 fully saturated rings. The highest BCUT2D eigenvalue weighted by atomic mass is 32.2. The number of fused-ring (bicyclic) bond motifs is 2. The van der Waals surface area contributed by atoms with Crippen molar-refractivity contribution in [2.45, 2.75) is 37.0 Å². The standard InChI is InChI=1S/C22H22N4O4S2/c27-20-5-3-4-14-12-15(6-8-17(14)23-20)21(28)25-22-24-18-9-7-16(13-19(18)31-22)32(29,30)26-10-1-2-11-26/h6-9,12-13H,1-5,10-11H2,(H,23,27)(H,24,25,28). The van der Waals surface area contributed by atoms with Crippen LogP contribution in [0.25, 0.3) is 10.2 Å². The number of hydrogen-bond donors (Lipinski definition) is 2. The van der Waals surface area contributed by atoms with Crippen LogP contribution in [0.1, 0.15) is 41.6 Å². The molecule has 2 aromatic carbocycles. The van der Waals surface area contributed by atoms with Crippen LogP contribution >= 0.6 is 11.3 Å². The van der Waals surface area contributed by atoms with E-state index >= 15 is 0 Å². The first kappa shape index (κ1) is 21.0. The predicted molar refractivity (Wildman–Crippen MR) is 124 cm³/mol. The van der Waals surface area contributed by atoms with Gasteiger partial charge in [0.1, 0.15) is 0 Å². The molecule has 1 aromatic heterocycles. The van der Waals surface area contributed by atoms with E-state index in [0.717, 1.165) is 36.9 Å². The molecule has 3 aromatic rings. The summed E-state index contributed by atoms with van der Waals surface area (Å²) in [5.74, 6) is -0.311. The Kier molecular flexibility index (Phi) is 5.44. The van der Waals surface area contributed by atoms with E-state index in [1.807, 2.05) is 0 Å². The van der Waals surface area contributed by atoms with E-state index in [1.165, 1.54) is 15.6 Å². The zero-order chi connectivity index (χ0) is 22.3. The largest absolute Gasteiger partial charge is 0.326 e. The highest BCUT2D eigenvalue weighted by molar-refractivity contribution is 7.89. The summed E-state index contributed by atoms with van der Waals surface area (Å²) in [5, 5.41) is 6.08. The second-order valence-electron chi connectivity index (χ2n) is 7.99. The molecular formula is C22H22N4O4S2. The lowest BCUT2D eigenvalue weighted by atomic mass is 10.0. The molecule has 2 amide bonds. The Bertz CT molecular complexity index is 1330. The van der Waals surface area contributed by atoms with Gasteiger partial charge in [0.15, 0.2) is 5.13 Å². The number of amides is 2. The van der Waals surface area contributed by atoms with Crippen molar-refractivity contribution in [3.63, 3.8) is 0 Å². The molecule has 2 N–H and O–H groups in total.